The minimum Gasteiger partial charge on any atom is -0.352 e. The third kappa shape index (κ3) is 5.07. The van der Waals surface area contributed by atoms with Crippen LogP contribution in [0.1, 0.15) is 15.9 Å². The van der Waals surface area contributed by atoms with Crippen LogP contribution in [0.25, 0.3) is 5.69 Å². The molecule has 1 aliphatic heterocycles. The van der Waals surface area contributed by atoms with E-state index in [1.165, 1.54) is 10.4 Å². The highest BCUT2D eigenvalue weighted by molar-refractivity contribution is 7.89. The second-order valence-electron chi connectivity index (χ2n) is 7.86. The van der Waals surface area contributed by atoms with Crippen molar-refractivity contribution >= 4 is 15.9 Å². The van der Waals surface area contributed by atoms with Gasteiger partial charge in [0, 0.05) is 50.7 Å². The molecule has 2 heterocycles. The number of nitrogens with one attached hydrogen (secondary N) is 1. The fourth-order valence-corrected chi connectivity index (χ4v) is 5.10. The molecular formula is C23H27N5O3S. The Morgan fingerprint density at radius 2 is 1.78 bits per heavy atom. The van der Waals surface area contributed by atoms with Crippen molar-refractivity contribution in [3.8, 4) is 5.69 Å². The molecule has 0 aliphatic carbocycles. The van der Waals surface area contributed by atoms with Gasteiger partial charge in [-0.1, -0.05) is 18.2 Å². The largest absolute Gasteiger partial charge is 0.352 e. The van der Waals surface area contributed by atoms with Gasteiger partial charge in [-0.15, -0.1) is 0 Å². The molecule has 1 amide bonds. The molecule has 9 heteroatoms. The number of likely N-dealkylation sites (N-methyl/N-ethyl adjacent to an activating group) is 1. The van der Waals surface area contributed by atoms with E-state index < -0.39 is 10.0 Å². The Kier molecular flexibility index (Phi) is 6.69. The number of carbonyl (C=O) groups is 1. The van der Waals surface area contributed by atoms with Crippen LogP contribution in [0.3, 0.4) is 0 Å². The van der Waals surface area contributed by atoms with E-state index in [-0.39, 0.29) is 10.8 Å². The Morgan fingerprint density at radius 1 is 1.03 bits per heavy atom. The predicted molar refractivity (Wildman–Crippen MR) is 122 cm³/mol. The average molecular weight is 454 g/mol. The summed E-state index contributed by atoms with van der Waals surface area (Å²) in [6.45, 7) is 2.75. The van der Waals surface area contributed by atoms with Crippen LogP contribution in [-0.2, 0) is 16.4 Å². The fraction of sp³-hybridized carbons (Fsp3) is 0.304. The second-order valence-corrected chi connectivity index (χ2v) is 9.80. The van der Waals surface area contributed by atoms with E-state index in [0.29, 0.717) is 44.7 Å². The Hall–Kier alpha value is -3.01. The van der Waals surface area contributed by atoms with Crippen molar-refractivity contribution in [2.24, 2.45) is 0 Å². The topological polar surface area (TPSA) is 87.5 Å². The molecule has 0 radical (unpaired) electrons. The van der Waals surface area contributed by atoms with Crippen LogP contribution in [-0.4, -0.2) is 73.1 Å². The number of aromatic nitrogens is 2. The standard InChI is InChI=1S/C23H27N5O3S/c1-26-14-16-27(17-15-26)32(30,31)22-5-2-4-20(18-22)23(29)24-12-10-19-6-8-21(9-7-19)28-13-3-11-25-28/h2-9,11,13,18H,10,12,14-17H2,1H3,(H,24,29). The summed E-state index contributed by atoms with van der Waals surface area (Å²) in [6, 6.07) is 16.1. The lowest BCUT2D eigenvalue weighted by Crippen LogP contribution is -2.47. The lowest BCUT2D eigenvalue weighted by Gasteiger charge is -2.31. The minimum atomic E-state index is -3.61. The number of carbonyl (C=O) groups excluding carboxylic acids is 1. The van der Waals surface area contributed by atoms with E-state index in [4.69, 9.17) is 0 Å². The zero-order chi connectivity index (χ0) is 22.6. The van der Waals surface area contributed by atoms with Gasteiger partial charge in [0.1, 0.15) is 0 Å². The Labute approximate surface area is 188 Å². The quantitative estimate of drug-likeness (QED) is 0.589. The zero-order valence-corrected chi connectivity index (χ0v) is 18.8. The summed E-state index contributed by atoms with van der Waals surface area (Å²) in [7, 11) is -1.63. The van der Waals surface area contributed by atoms with Crippen LogP contribution in [0.2, 0.25) is 0 Å². The van der Waals surface area contributed by atoms with Gasteiger partial charge in [0.15, 0.2) is 0 Å². The van der Waals surface area contributed by atoms with Gasteiger partial charge in [0.2, 0.25) is 10.0 Å². The van der Waals surface area contributed by atoms with E-state index in [1.807, 2.05) is 43.6 Å². The van der Waals surface area contributed by atoms with Crippen LogP contribution in [0, 0.1) is 0 Å². The smallest absolute Gasteiger partial charge is 0.251 e. The number of rotatable bonds is 7. The molecule has 4 rings (SSSR count). The summed E-state index contributed by atoms with van der Waals surface area (Å²) in [5.74, 6) is -0.284. The van der Waals surface area contributed by atoms with Crippen LogP contribution in [0.5, 0.6) is 0 Å². The number of hydrogen-bond donors (Lipinski definition) is 1. The van der Waals surface area contributed by atoms with Gasteiger partial charge in [-0.3, -0.25) is 4.79 Å². The second kappa shape index (κ2) is 9.64. The molecule has 32 heavy (non-hydrogen) atoms. The maximum atomic E-state index is 13.0. The summed E-state index contributed by atoms with van der Waals surface area (Å²) in [6.07, 6.45) is 4.28. The first-order valence-electron chi connectivity index (χ1n) is 10.6. The van der Waals surface area contributed by atoms with Gasteiger partial charge in [-0.25, -0.2) is 13.1 Å². The molecule has 168 valence electrons. The first kappa shape index (κ1) is 22.2. The highest BCUT2D eigenvalue weighted by Gasteiger charge is 2.27. The number of amides is 1. The fourth-order valence-electron chi connectivity index (χ4n) is 3.63. The van der Waals surface area contributed by atoms with Crippen molar-refractivity contribution in [2.45, 2.75) is 11.3 Å². The third-order valence-corrected chi connectivity index (χ3v) is 7.50. The molecule has 0 spiro atoms. The van der Waals surface area contributed by atoms with Gasteiger partial charge in [0.05, 0.1) is 10.6 Å². The summed E-state index contributed by atoms with van der Waals surface area (Å²) < 4.78 is 29.2. The van der Waals surface area contributed by atoms with Crippen LogP contribution in [0.15, 0.2) is 71.9 Å². The van der Waals surface area contributed by atoms with Gasteiger partial charge < -0.3 is 10.2 Å². The molecule has 0 unspecified atom stereocenters. The lowest BCUT2D eigenvalue weighted by molar-refractivity contribution is 0.0954. The van der Waals surface area contributed by atoms with E-state index in [0.717, 1.165) is 11.3 Å². The van der Waals surface area contributed by atoms with Crippen molar-refractivity contribution in [3.63, 3.8) is 0 Å². The van der Waals surface area contributed by atoms with Crippen LogP contribution in [0.4, 0.5) is 0 Å². The number of benzene rings is 2. The van der Waals surface area contributed by atoms with Crippen molar-refractivity contribution in [3.05, 3.63) is 78.1 Å². The highest BCUT2D eigenvalue weighted by atomic mass is 32.2. The molecule has 1 aromatic heterocycles. The number of sulfonamides is 1. The summed E-state index contributed by atoms with van der Waals surface area (Å²) in [5.41, 5.74) is 2.41. The number of piperazine rings is 1. The predicted octanol–water partition coefficient (Wildman–Crippen LogP) is 1.78. The molecule has 1 fully saturated rings. The Bertz CT molecular complexity index is 1150. The summed E-state index contributed by atoms with van der Waals surface area (Å²) in [5, 5.41) is 7.09. The molecule has 3 aromatic rings. The number of nitrogens with zero attached hydrogens (tertiary/aromatic N) is 4. The van der Waals surface area contributed by atoms with E-state index in [9.17, 15) is 13.2 Å². The van der Waals surface area contributed by atoms with Gasteiger partial charge in [-0.05, 0) is 55.4 Å². The zero-order valence-electron chi connectivity index (χ0n) is 18.0. The van der Waals surface area contributed by atoms with E-state index in [1.54, 1.807) is 29.1 Å². The van der Waals surface area contributed by atoms with E-state index >= 15 is 0 Å². The normalized spacial score (nSPS) is 15.5. The van der Waals surface area contributed by atoms with Gasteiger partial charge >= 0.3 is 0 Å². The molecule has 0 bridgehead atoms. The minimum absolute atomic E-state index is 0.156. The molecule has 1 saturated heterocycles. The summed E-state index contributed by atoms with van der Waals surface area (Å²) in [4.78, 5) is 14.9. The highest BCUT2D eigenvalue weighted by Crippen LogP contribution is 2.19. The SMILES string of the molecule is CN1CCN(S(=O)(=O)c2cccc(C(=O)NCCc3ccc(-n4cccn4)cc3)c2)CC1. The molecule has 0 saturated carbocycles. The summed E-state index contributed by atoms with van der Waals surface area (Å²) >= 11 is 0. The van der Waals surface area contributed by atoms with Crippen molar-refractivity contribution in [1.29, 1.82) is 0 Å². The molecule has 8 nitrogen and oxygen atoms in total. The third-order valence-electron chi connectivity index (χ3n) is 5.60. The first-order valence-corrected chi connectivity index (χ1v) is 12.0. The van der Waals surface area contributed by atoms with Crippen LogP contribution >= 0.6 is 0 Å². The number of hydrogen-bond acceptors (Lipinski definition) is 5. The van der Waals surface area contributed by atoms with Crippen molar-refractivity contribution in [2.75, 3.05) is 39.8 Å². The molecule has 1 N–H and O–H groups in total. The average Bonchev–Trinajstić information content (AvgIpc) is 3.35. The Balaban J connectivity index is 1.35. The van der Waals surface area contributed by atoms with Crippen molar-refractivity contribution < 1.29 is 13.2 Å². The Morgan fingerprint density at radius 3 is 2.47 bits per heavy atom. The van der Waals surface area contributed by atoms with Crippen molar-refractivity contribution in [1.82, 2.24) is 24.3 Å². The first-order chi connectivity index (χ1) is 15.4. The maximum Gasteiger partial charge on any atom is 0.251 e. The lowest BCUT2D eigenvalue weighted by atomic mass is 10.1. The van der Waals surface area contributed by atoms with Crippen LogP contribution < -0.4 is 5.32 Å². The molecule has 0 atom stereocenters. The monoisotopic (exact) mass is 453 g/mol. The van der Waals surface area contributed by atoms with Gasteiger partial charge in [0.25, 0.3) is 5.91 Å². The van der Waals surface area contributed by atoms with E-state index in [2.05, 4.69) is 15.3 Å². The molecule has 2 aromatic carbocycles. The van der Waals surface area contributed by atoms with Gasteiger partial charge in [-0.2, -0.15) is 9.40 Å². The molecular weight excluding hydrogens is 426 g/mol. The molecule has 1 aliphatic rings. The maximum absolute atomic E-state index is 13.0.